The summed E-state index contributed by atoms with van der Waals surface area (Å²) in [6, 6.07) is 5.56. The summed E-state index contributed by atoms with van der Waals surface area (Å²) in [5.41, 5.74) is 0.799. The molecule has 0 radical (unpaired) electrons. The van der Waals surface area contributed by atoms with E-state index >= 15 is 0 Å². The maximum Gasteiger partial charge on any atom is 0.244 e. The Bertz CT molecular complexity index is 585. The number of anilines is 1. The molecule has 1 saturated heterocycles. The van der Waals surface area contributed by atoms with Crippen molar-refractivity contribution < 1.29 is 19.4 Å². The first kappa shape index (κ1) is 18.0. The van der Waals surface area contributed by atoms with Crippen LogP contribution in [0.5, 0.6) is 11.5 Å². The zero-order chi connectivity index (χ0) is 17.8. The van der Waals surface area contributed by atoms with E-state index < -0.39 is 0 Å². The van der Waals surface area contributed by atoms with Crippen molar-refractivity contribution in [2.45, 2.75) is 44.2 Å². The van der Waals surface area contributed by atoms with E-state index in [2.05, 4.69) is 5.32 Å². The van der Waals surface area contributed by atoms with Crippen LogP contribution < -0.4 is 19.7 Å². The van der Waals surface area contributed by atoms with Crippen LogP contribution in [0.25, 0.3) is 0 Å². The summed E-state index contributed by atoms with van der Waals surface area (Å²) in [5, 5.41) is 13.1. The summed E-state index contributed by atoms with van der Waals surface area (Å²) >= 11 is 0. The lowest BCUT2D eigenvalue weighted by Gasteiger charge is -2.32. The molecule has 1 amide bonds. The third kappa shape index (κ3) is 3.90. The van der Waals surface area contributed by atoms with Crippen LogP contribution in [0.3, 0.4) is 0 Å². The monoisotopic (exact) mass is 348 g/mol. The molecule has 0 bridgehead atoms. The molecule has 3 rings (SSSR count). The van der Waals surface area contributed by atoms with Crippen LogP contribution >= 0.6 is 0 Å². The molecular formula is C19H28N2O4. The molecule has 6 heteroatoms. The van der Waals surface area contributed by atoms with Crippen LogP contribution in [-0.4, -0.2) is 50.5 Å². The number of methoxy groups -OCH3 is 2. The molecule has 6 nitrogen and oxygen atoms in total. The molecule has 1 aliphatic heterocycles. The van der Waals surface area contributed by atoms with Crippen LogP contribution in [0, 0.1) is 5.92 Å². The predicted octanol–water partition coefficient (Wildman–Crippen LogP) is 1.95. The Morgan fingerprint density at radius 1 is 1.12 bits per heavy atom. The van der Waals surface area contributed by atoms with Gasteiger partial charge < -0.3 is 24.8 Å². The van der Waals surface area contributed by atoms with Crippen LogP contribution in [-0.2, 0) is 4.79 Å². The average Bonchev–Trinajstić information content (AvgIpc) is 3.02. The summed E-state index contributed by atoms with van der Waals surface area (Å²) in [5.74, 6) is 1.68. The van der Waals surface area contributed by atoms with Crippen molar-refractivity contribution in [2.24, 2.45) is 5.92 Å². The molecule has 3 atom stereocenters. The number of benzene rings is 1. The average molecular weight is 348 g/mol. The highest BCUT2D eigenvalue weighted by Gasteiger charge is 2.36. The summed E-state index contributed by atoms with van der Waals surface area (Å²) in [6.45, 7) is 0.860. The van der Waals surface area contributed by atoms with Crippen LogP contribution in [0.4, 0.5) is 5.69 Å². The SMILES string of the molecule is COc1cc(OC)cc(N2CC[C@H](N[C@H]3CCCC[C@H]3CO)C2=O)c1. The van der Waals surface area contributed by atoms with Crippen LogP contribution in [0.15, 0.2) is 18.2 Å². The first-order valence-corrected chi connectivity index (χ1v) is 9.07. The second kappa shape index (κ2) is 8.06. The highest BCUT2D eigenvalue weighted by Crippen LogP contribution is 2.32. The van der Waals surface area contributed by atoms with E-state index in [1.165, 1.54) is 0 Å². The number of rotatable bonds is 6. The minimum absolute atomic E-state index is 0.0811. The Hall–Kier alpha value is -1.79. The summed E-state index contributed by atoms with van der Waals surface area (Å²) in [7, 11) is 3.21. The number of amides is 1. The van der Waals surface area contributed by atoms with E-state index in [4.69, 9.17) is 9.47 Å². The van der Waals surface area contributed by atoms with Gasteiger partial charge in [0.15, 0.2) is 0 Å². The Kier molecular flexibility index (Phi) is 5.81. The Morgan fingerprint density at radius 3 is 2.44 bits per heavy atom. The van der Waals surface area contributed by atoms with E-state index in [1.54, 1.807) is 25.2 Å². The number of aliphatic hydroxyl groups excluding tert-OH is 1. The molecule has 138 valence electrons. The molecule has 1 saturated carbocycles. The van der Waals surface area contributed by atoms with Gasteiger partial charge >= 0.3 is 0 Å². The van der Waals surface area contributed by atoms with Gasteiger partial charge in [-0.25, -0.2) is 0 Å². The van der Waals surface area contributed by atoms with Crippen molar-refractivity contribution in [3.8, 4) is 11.5 Å². The van der Waals surface area contributed by atoms with E-state index in [-0.39, 0.29) is 30.5 Å². The van der Waals surface area contributed by atoms with Gasteiger partial charge in [0.2, 0.25) is 5.91 Å². The Labute approximate surface area is 149 Å². The topological polar surface area (TPSA) is 71.0 Å². The van der Waals surface area contributed by atoms with Gasteiger partial charge in [-0.1, -0.05) is 12.8 Å². The van der Waals surface area contributed by atoms with E-state index in [9.17, 15) is 9.90 Å². The van der Waals surface area contributed by atoms with Crippen LogP contribution in [0.1, 0.15) is 32.1 Å². The van der Waals surface area contributed by atoms with Crippen molar-refractivity contribution in [3.05, 3.63) is 18.2 Å². The Balaban J connectivity index is 1.71. The molecule has 1 aromatic carbocycles. The van der Waals surface area contributed by atoms with Gasteiger partial charge in [0, 0.05) is 37.4 Å². The lowest BCUT2D eigenvalue weighted by atomic mass is 9.84. The number of nitrogens with one attached hydrogen (secondary N) is 1. The molecule has 2 N–H and O–H groups in total. The number of hydrogen-bond donors (Lipinski definition) is 2. The van der Waals surface area contributed by atoms with Gasteiger partial charge in [-0.05, 0) is 25.2 Å². The van der Waals surface area contributed by atoms with Crippen molar-refractivity contribution in [1.82, 2.24) is 5.32 Å². The molecule has 2 aliphatic rings. The standard InChI is InChI=1S/C19H28N2O4/c1-24-15-9-14(10-16(11-15)25-2)21-8-7-18(19(21)23)20-17-6-4-3-5-13(17)12-22/h9-11,13,17-18,20,22H,3-8,12H2,1-2H3/t13-,17-,18-/m0/s1. The Morgan fingerprint density at radius 2 is 1.80 bits per heavy atom. The number of ether oxygens (including phenoxy) is 2. The number of nitrogens with zero attached hydrogens (tertiary/aromatic N) is 1. The van der Waals surface area contributed by atoms with Gasteiger partial charge in [0.1, 0.15) is 11.5 Å². The molecular weight excluding hydrogens is 320 g/mol. The number of aliphatic hydroxyl groups is 1. The molecule has 25 heavy (non-hydrogen) atoms. The quantitative estimate of drug-likeness (QED) is 0.822. The van der Waals surface area contributed by atoms with Gasteiger partial charge in [-0.3, -0.25) is 4.79 Å². The summed E-state index contributed by atoms with van der Waals surface area (Å²) in [4.78, 5) is 14.7. The zero-order valence-electron chi connectivity index (χ0n) is 15.0. The lowest BCUT2D eigenvalue weighted by Crippen LogP contribution is -2.48. The minimum Gasteiger partial charge on any atom is -0.497 e. The van der Waals surface area contributed by atoms with E-state index in [0.717, 1.165) is 37.8 Å². The van der Waals surface area contributed by atoms with Gasteiger partial charge in [0.05, 0.1) is 25.9 Å². The van der Waals surface area contributed by atoms with E-state index in [1.807, 2.05) is 12.1 Å². The maximum atomic E-state index is 12.9. The van der Waals surface area contributed by atoms with Crippen LogP contribution in [0.2, 0.25) is 0 Å². The maximum absolute atomic E-state index is 12.9. The van der Waals surface area contributed by atoms with Gasteiger partial charge in [-0.2, -0.15) is 0 Å². The second-order valence-electron chi connectivity index (χ2n) is 6.90. The summed E-state index contributed by atoms with van der Waals surface area (Å²) < 4.78 is 10.6. The predicted molar refractivity (Wildman–Crippen MR) is 96.3 cm³/mol. The number of hydrogen-bond acceptors (Lipinski definition) is 5. The normalized spacial score (nSPS) is 26.8. The molecule has 1 heterocycles. The smallest absolute Gasteiger partial charge is 0.244 e. The van der Waals surface area contributed by atoms with Gasteiger partial charge in [-0.15, -0.1) is 0 Å². The first-order valence-electron chi connectivity index (χ1n) is 9.07. The molecule has 0 spiro atoms. The number of carbonyl (C=O) groups excluding carboxylic acids is 1. The fraction of sp³-hybridized carbons (Fsp3) is 0.632. The lowest BCUT2D eigenvalue weighted by molar-refractivity contribution is -0.119. The largest absolute Gasteiger partial charge is 0.497 e. The molecule has 1 aromatic rings. The van der Waals surface area contributed by atoms with Gasteiger partial charge in [0.25, 0.3) is 0 Å². The minimum atomic E-state index is -0.186. The molecule has 0 unspecified atom stereocenters. The van der Waals surface area contributed by atoms with Crippen molar-refractivity contribution in [3.63, 3.8) is 0 Å². The molecule has 2 fully saturated rings. The first-order chi connectivity index (χ1) is 12.2. The molecule has 1 aliphatic carbocycles. The fourth-order valence-electron chi connectivity index (χ4n) is 3.94. The van der Waals surface area contributed by atoms with E-state index in [0.29, 0.717) is 18.0 Å². The van der Waals surface area contributed by atoms with Crippen molar-refractivity contribution >= 4 is 11.6 Å². The number of carbonyl (C=O) groups is 1. The van der Waals surface area contributed by atoms with Crippen molar-refractivity contribution in [1.29, 1.82) is 0 Å². The second-order valence-corrected chi connectivity index (χ2v) is 6.90. The third-order valence-corrected chi connectivity index (χ3v) is 5.41. The third-order valence-electron chi connectivity index (χ3n) is 5.41. The summed E-state index contributed by atoms with van der Waals surface area (Å²) in [6.07, 6.45) is 5.16. The molecule has 0 aromatic heterocycles. The highest BCUT2D eigenvalue weighted by atomic mass is 16.5. The van der Waals surface area contributed by atoms with Crippen molar-refractivity contribution in [2.75, 3.05) is 32.3 Å². The fourth-order valence-corrected chi connectivity index (χ4v) is 3.94. The zero-order valence-corrected chi connectivity index (χ0v) is 15.0. The highest BCUT2D eigenvalue weighted by molar-refractivity contribution is 5.99.